The fourth-order valence-electron chi connectivity index (χ4n) is 2.30. The van der Waals surface area contributed by atoms with Gasteiger partial charge in [-0.15, -0.1) is 0 Å². The number of nitrogens with zero attached hydrogens (tertiary/aromatic N) is 4. The maximum atomic E-state index is 13.7. The van der Waals surface area contributed by atoms with Gasteiger partial charge in [-0.2, -0.15) is 9.98 Å². The van der Waals surface area contributed by atoms with E-state index >= 15 is 0 Å². The first-order chi connectivity index (χ1) is 9.52. The number of amides is 1. The number of carbonyl (C=O) groups excluding carboxylic acids is 1. The lowest BCUT2D eigenvalue weighted by molar-refractivity contribution is -0.117. The van der Waals surface area contributed by atoms with Crippen molar-refractivity contribution in [1.82, 2.24) is 4.90 Å². The van der Waals surface area contributed by atoms with Gasteiger partial charge in [-0.05, 0) is 0 Å². The Hall–Kier alpha value is -1.91. The number of aliphatic hydroxyl groups is 2. The van der Waals surface area contributed by atoms with Crippen molar-refractivity contribution in [1.29, 1.82) is 0 Å². The van der Waals surface area contributed by atoms with E-state index in [4.69, 9.17) is 15.6 Å². The van der Waals surface area contributed by atoms with E-state index in [0.717, 1.165) is 0 Å². The molecular weight excluding hydrogens is 273 g/mol. The Labute approximate surface area is 112 Å². The van der Waals surface area contributed by atoms with Crippen molar-refractivity contribution in [2.24, 2.45) is 20.7 Å². The number of rotatable bonds is 2. The average molecular weight is 285 g/mol. The molecule has 0 spiro atoms. The number of guanidine groups is 1. The van der Waals surface area contributed by atoms with Crippen LogP contribution in [0.1, 0.15) is 0 Å². The summed E-state index contributed by atoms with van der Waals surface area (Å²) in [5, 5.41) is 18.8. The van der Waals surface area contributed by atoms with Crippen molar-refractivity contribution in [3.63, 3.8) is 0 Å². The molecule has 108 valence electrons. The number of amidine groups is 1. The number of nitrogens with two attached hydrogens (primary N) is 1. The molecule has 5 atom stereocenters. The zero-order valence-corrected chi connectivity index (χ0v) is 10.1. The second-order valence-electron chi connectivity index (χ2n) is 4.54. The summed E-state index contributed by atoms with van der Waals surface area (Å²) >= 11 is 0. The second kappa shape index (κ2) is 4.58. The minimum atomic E-state index is -1.75. The highest BCUT2D eigenvalue weighted by Crippen LogP contribution is 2.28. The summed E-state index contributed by atoms with van der Waals surface area (Å²) in [7, 11) is 0. The smallest absolute Gasteiger partial charge is 0.281 e. The lowest BCUT2D eigenvalue weighted by Crippen LogP contribution is -2.48. The number of ether oxygens (including phenoxy) is 1. The summed E-state index contributed by atoms with van der Waals surface area (Å²) in [6.45, 7) is -0.571. The van der Waals surface area contributed by atoms with Crippen LogP contribution in [-0.4, -0.2) is 76.4 Å². The highest BCUT2D eigenvalue weighted by molar-refractivity contribution is 6.21. The van der Waals surface area contributed by atoms with E-state index in [9.17, 15) is 14.3 Å². The van der Waals surface area contributed by atoms with Crippen LogP contribution < -0.4 is 5.73 Å². The lowest BCUT2D eigenvalue weighted by atomic mass is 10.1. The van der Waals surface area contributed by atoms with Gasteiger partial charge >= 0.3 is 0 Å². The molecule has 0 bridgehead atoms. The third kappa shape index (κ3) is 1.80. The average Bonchev–Trinajstić information content (AvgIpc) is 2.93. The van der Waals surface area contributed by atoms with Crippen molar-refractivity contribution in [2.45, 2.75) is 30.6 Å². The molecule has 0 saturated carbocycles. The van der Waals surface area contributed by atoms with E-state index in [1.165, 1.54) is 11.2 Å². The predicted octanol–water partition coefficient (Wildman–Crippen LogP) is -2.63. The molecule has 3 rings (SSSR count). The highest BCUT2D eigenvalue weighted by atomic mass is 19.1. The van der Waals surface area contributed by atoms with Crippen LogP contribution >= 0.6 is 0 Å². The molecule has 0 aromatic carbocycles. The monoisotopic (exact) mass is 285 g/mol. The first kappa shape index (κ1) is 13.1. The number of hydrogen-bond acceptors (Lipinski definition) is 8. The van der Waals surface area contributed by atoms with Crippen LogP contribution in [0, 0.1) is 0 Å². The number of halogens is 1. The predicted molar refractivity (Wildman–Crippen MR) is 64.8 cm³/mol. The van der Waals surface area contributed by atoms with Gasteiger partial charge in [-0.25, -0.2) is 4.39 Å². The number of fused-ring (bicyclic) bond motifs is 1. The third-order valence-electron chi connectivity index (χ3n) is 3.28. The van der Waals surface area contributed by atoms with Crippen LogP contribution in [0.3, 0.4) is 0 Å². The van der Waals surface area contributed by atoms with Crippen molar-refractivity contribution in [3.8, 4) is 0 Å². The van der Waals surface area contributed by atoms with Gasteiger partial charge in [0.25, 0.3) is 5.91 Å². The van der Waals surface area contributed by atoms with E-state index in [1.807, 2.05) is 0 Å². The van der Waals surface area contributed by atoms with E-state index in [-0.39, 0.29) is 11.8 Å². The topological polar surface area (TPSA) is 133 Å². The molecule has 1 unspecified atom stereocenters. The number of hydrogen-bond donors (Lipinski definition) is 3. The van der Waals surface area contributed by atoms with Crippen LogP contribution in [0.4, 0.5) is 4.39 Å². The summed E-state index contributed by atoms with van der Waals surface area (Å²) in [6.07, 6.45) is -4.31. The summed E-state index contributed by atoms with van der Waals surface area (Å²) < 4.78 is 18.9. The van der Waals surface area contributed by atoms with Gasteiger partial charge in [0.2, 0.25) is 5.96 Å². The Morgan fingerprint density at radius 1 is 1.50 bits per heavy atom. The van der Waals surface area contributed by atoms with E-state index < -0.39 is 43.2 Å². The van der Waals surface area contributed by atoms with Crippen LogP contribution in [0.15, 0.2) is 15.0 Å². The zero-order valence-electron chi connectivity index (χ0n) is 10.1. The summed E-state index contributed by atoms with van der Waals surface area (Å²) in [6, 6.07) is -0.954. The number of alkyl halides is 1. The molecule has 1 saturated heterocycles. The molecule has 20 heavy (non-hydrogen) atoms. The molecule has 4 N–H and O–H groups in total. The molecule has 3 aliphatic heterocycles. The minimum absolute atomic E-state index is 0.123. The SMILES string of the molecule is NC1=NC(=O)C2N=CN([C@@H]3O[C@H](CO)[C@@H](F)[C@H]3O)C2=N1. The molecule has 10 heteroatoms. The quantitative estimate of drug-likeness (QED) is 0.508. The molecule has 9 nitrogen and oxygen atoms in total. The zero-order chi connectivity index (χ0) is 14.4. The van der Waals surface area contributed by atoms with Crippen LogP contribution in [-0.2, 0) is 9.53 Å². The number of aliphatic imine (C=N–C) groups is 3. The molecule has 0 aromatic heterocycles. The van der Waals surface area contributed by atoms with Crippen molar-refractivity contribution >= 4 is 24.0 Å². The fourth-order valence-corrected chi connectivity index (χ4v) is 2.30. The number of aliphatic hydroxyl groups excluding tert-OH is 2. The Balaban J connectivity index is 1.87. The Bertz CT molecular complexity index is 536. The Morgan fingerprint density at radius 2 is 2.25 bits per heavy atom. The minimum Gasteiger partial charge on any atom is -0.394 e. The van der Waals surface area contributed by atoms with Gasteiger partial charge in [-0.3, -0.25) is 14.7 Å². The molecule has 0 radical (unpaired) electrons. The Morgan fingerprint density at radius 3 is 2.90 bits per heavy atom. The van der Waals surface area contributed by atoms with Crippen molar-refractivity contribution in [2.75, 3.05) is 6.61 Å². The lowest BCUT2D eigenvalue weighted by Gasteiger charge is -2.27. The van der Waals surface area contributed by atoms with E-state index in [1.54, 1.807) is 0 Å². The summed E-state index contributed by atoms with van der Waals surface area (Å²) in [5.74, 6) is -0.702. The molecule has 3 aliphatic rings. The third-order valence-corrected chi connectivity index (χ3v) is 3.28. The molecular formula is C10H12FN5O4. The van der Waals surface area contributed by atoms with Gasteiger partial charge < -0.3 is 20.7 Å². The van der Waals surface area contributed by atoms with E-state index in [0.29, 0.717) is 0 Å². The summed E-state index contributed by atoms with van der Waals surface area (Å²) in [5.41, 5.74) is 5.40. The van der Waals surface area contributed by atoms with Gasteiger partial charge in [-0.1, -0.05) is 0 Å². The first-order valence-corrected chi connectivity index (χ1v) is 5.89. The maximum absolute atomic E-state index is 13.7. The van der Waals surface area contributed by atoms with E-state index in [2.05, 4.69) is 15.0 Å². The molecule has 0 aromatic rings. The van der Waals surface area contributed by atoms with Crippen LogP contribution in [0.5, 0.6) is 0 Å². The number of carbonyl (C=O) groups is 1. The van der Waals surface area contributed by atoms with Crippen molar-refractivity contribution in [3.05, 3.63) is 0 Å². The van der Waals surface area contributed by atoms with Crippen LogP contribution in [0.25, 0.3) is 0 Å². The van der Waals surface area contributed by atoms with Gasteiger partial charge in [0.1, 0.15) is 12.2 Å². The maximum Gasteiger partial charge on any atom is 0.281 e. The normalized spacial score (nSPS) is 39.9. The fraction of sp³-hybridized carbons (Fsp3) is 0.600. The highest BCUT2D eigenvalue weighted by Gasteiger charge is 2.50. The Kier molecular flexibility index (Phi) is 3.00. The van der Waals surface area contributed by atoms with Gasteiger partial charge in [0, 0.05) is 0 Å². The van der Waals surface area contributed by atoms with Gasteiger partial charge in [0.05, 0.1) is 12.9 Å². The largest absolute Gasteiger partial charge is 0.394 e. The van der Waals surface area contributed by atoms with Gasteiger partial charge in [0.15, 0.2) is 24.3 Å². The molecule has 0 aliphatic carbocycles. The molecule has 1 fully saturated rings. The van der Waals surface area contributed by atoms with Crippen molar-refractivity contribution < 1.29 is 24.1 Å². The second-order valence-corrected chi connectivity index (χ2v) is 4.54. The molecule has 1 amide bonds. The standard InChI is InChI=1S/C10H12FN5O4/c11-4-3(1-17)20-9(6(4)18)16-2-13-5-7(16)14-10(12)15-8(5)19/h2-6,9,17-18H,1H2,(H2,12,15,19)/t3-,4-,5?,6-,9-/m1/s1. The summed E-state index contributed by atoms with van der Waals surface area (Å²) in [4.78, 5) is 24.1. The molecule has 3 heterocycles. The van der Waals surface area contributed by atoms with Crippen LogP contribution in [0.2, 0.25) is 0 Å². The first-order valence-electron chi connectivity index (χ1n) is 5.89.